The molecule has 0 radical (unpaired) electrons. The average Bonchev–Trinajstić information content (AvgIpc) is 2.83. The maximum atomic E-state index is 12.8. The molecule has 0 aliphatic heterocycles. The van der Waals surface area contributed by atoms with E-state index in [1.807, 2.05) is 37.3 Å². The summed E-state index contributed by atoms with van der Waals surface area (Å²) < 4.78 is 0. The van der Waals surface area contributed by atoms with Gasteiger partial charge in [-0.2, -0.15) is 0 Å². The van der Waals surface area contributed by atoms with Gasteiger partial charge in [0.15, 0.2) is 0 Å². The number of primary amides is 1. The van der Waals surface area contributed by atoms with E-state index >= 15 is 0 Å². The minimum atomic E-state index is -0.783. The van der Waals surface area contributed by atoms with Gasteiger partial charge < -0.3 is 16.4 Å². The van der Waals surface area contributed by atoms with Crippen molar-refractivity contribution in [3.05, 3.63) is 99.6 Å². The van der Waals surface area contributed by atoms with Gasteiger partial charge in [-0.1, -0.05) is 42.5 Å². The van der Waals surface area contributed by atoms with Crippen molar-refractivity contribution in [2.45, 2.75) is 17.9 Å². The van der Waals surface area contributed by atoms with Crippen molar-refractivity contribution < 1.29 is 19.3 Å². The lowest BCUT2D eigenvalue weighted by atomic mass is 10.1. The van der Waals surface area contributed by atoms with Crippen LogP contribution in [0.2, 0.25) is 0 Å². The Bertz CT molecular complexity index is 1230. The summed E-state index contributed by atoms with van der Waals surface area (Å²) in [6, 6.07) is 19.6. The number of rotatable bonds is 9. The molecule has 3 rings (SSSR count). The van der Waals surface area contributed by atoms with Crippen LogP contribution in [0.3, 0.4) is 0 Å². The third kappa shape index (κ3) is 6.20. The molecule has 0 bridgehead atoms. The first kappa shape index (κ1) is 24.5. The van der Waals surface area contributed by atoms with Crippen molar-refractivity contribution in [1.29, 1.82) is 0 Å². The zero-order valence-electron chi connectivity index (χ0n) is 18.2. The van der Waals surface area contributed by atoms with Crippen LogP contribution in [0.5, 0.6) is 0 Å². The third-order valence-electron chi connectivity index (χ3n) is 4.89. The number of nitro groups is 1. The smallest absolute Gasteiger partial charge is 0.283 e. The molecule has 3 aromatic carbocycles. The lowest BCUT2D eigenvalue weighted by Crippen LogP contribution is -2.28. The summed E-state index contributed by atoms with van der Waals surface area (Å²) in [5, 5.41) is 16.9. The summed E-state index contributed by atoms with van der Waals surface area (Å²) in [6.45, 7) is 1.86. The van der Waals surface area contributed by atoms with Gasteiger partial charge >= 0.3 is 0 Å². The van der Waals surface area contributed by atoms with Gasteiger partial charge in [0.2, 0.25) is 11.8 Å². The minimum absolute atomic E-state index is 0.00479. The highest BCUT2D eigenvalue weighted by molar-refractivity contribution is 8.00. The minimum Gasteiger partial charge on any atom is -0.366 e. The molecule has 0 saturated carbocycles. The molecule has 0 saturated heterocycles. The largest absolute Gasteiger partial charge is 0.366 e. The number of thioether (sulfide) groups is 1. The Hall–Kier alpha value is -4.18. The molecule has 1 atom stereocenters. The lowest BCUT2D eigenvalue weighted by Gasteiger charge is -2.16. The molecular formula is C24H22N4O5S. The Morgan fingerprint density at radius 1 is 1.03 bits per heavy atom. The van der Waals surface area contributed by atoms with E-state index in [1.165, 1.54) is 12.1 Å². The maximum Gasteiger partial charge on any atom is 0.283 e. The first-order chi connectivity index (χ1) is 16.3. The summed E-state index contributed by atoms with van der Waals surface area (Å²) >= 11 is 0.939. The van der Waals surface area contributed by atoms with E-state index in [0.29, 0.717) is 11.3 Å². The van der Waals surface area contributed by atoms with Crippen molar-refractivity contribution in [2.24, 2.45) is 5.73 Å². The van der Waals surface area contributed by atoms with Crippen molar-refractivity contribution in [2.75, 3.05) is 11.1 Å². The second-order valence-electron chi connectivity index (χ2n) is 7.29. The van der Waals surface area contributed by atoms with Gasteiger partial charge in [0.05, 0.1) is 32.9 Å². The van der Waals surface area contributed by atoms with E-state index < -0.39 is 16.7 Å². The van der Waals surface area contributed by atoms with E-state index in [0.717, 1.165) is 23.4 Å². The highest BCUT2D eigenvalue weighted by Gasteiger charge is 2.19. The lowest BCUT2D eigenvalue weighted by molar-refractivity contribution is -0.387. The second kappa shape index (κ2) is 11.1. The summed E-state index contributed by atoms with van der Waals surface area (Å²) in [5.74, 6) is -1.73. The molecule has 0 aromatic heterocycles. The maximum absolute atomic E-state index is 12.8. The standard InChI is InChI=1S/C24H22N4O5S/c1-15(16-7-3-2-4-8-16)26-24(31)18-9-5-6-10-19(18)27-22(29)14-34-21-12-11-17(23(25)30)13-20(21)28(32)33/h2-13,15H,14H2,1H3,(H2,25,30)(H,26,31)(H,27,29). The molecule has 4 N–H and O–H groups in total. The predicted molar refractivity (Wildman–Crippen MR) is 130 cm³/mol. The predicted octanol–water partition coefficient (Wildman–Crippen LogP) is 3.92. The number of amides is 3. The number of nitrogens with two attached hydrogens (primary N) is 1. The van der Waals surface area contributed by atoms with Gasteiger partial charge in [-0.15, -0.1) is 11.8 Å². The zero-order chi connectivity index (χ0) is 24.7. The highest BCUT2D eigenvalue weighted by atomic mass is 32.2. The number of para-hydroxylation sites is 1. The Balaban J connectivity index is 1.68. The highest BCUT2D eigenvalue weighted by Crippen LogP contribution is 2.30. The van der Waals surface area contributed by atoms with Crippen LogP contribution in [0.4, 0.5) is 11.4 Å². The molecule has 3 amide bonds. The Labute approximate surface area is 199 Å². The molecule has 34 heavy (non-hydrogen) atoms. The van der Waals surface area contributed by atoms with Crippen LogP contribution in [0, 0.1) is 10.1 Å². The first-order valence-corrected chi connectivity index (χ1v) is 11.2. The van der Waals surface area contributed by atoms with Crippen molar-refractivity contribution >= 4 is 40.9 Å². The number of nitro benzene ring substituents is 1. The van der Waals surface area contributed by atoms with E-state index in [4.69, 9.17) is 5.73 Å². The van der Waals surface area contributed by atoms with Crippen LogP contribution >= 0.6 is 11.8 Å². The van der Waals surface area contributed by atoms with Crippen molar-refractivity contribution in [1.82, 2.24) is 5.32 Å². The number of hydrogen-bond acceptors (Lipinski definition) is 6. The molecule has 0 heterocycles. The van der Waals surface area contributed by atoms with Gasteiger partial charge in [0.1, 0.15) is 0 Å². The Morgan fingerprint density at radius 2 is 1.71 bits per heavy atom. The SMILES string of the molecule is CC(NC(=O)c1ccccc1NC(=O)CSc1ccc(C(N)=O)cc1[N+](=O)[O-])c1ccccc1. The first-order valence-electron chi connectivity index (χ1n) is 10.2. The Morgan fingerprint density at radius 3 is 2.38 bits per heavy atom. The van der Waals surface area contributed by atoms with E-state index in [1.54, 1.807) is 24.3 Å². The quantitative estimate of drug-likeness (QED) is 0.242. The molecule has 3 aromatic rings. The van der Waals surface area contributed by atoms with E-state index in [9.17, 15) is 24.5 Å². The topological polar surface area (TPSA) is 144 Å². The number of carbonyl (C=O) groups is 3. The molecule has 0 aliphatic rings. The fraction of sp³-hybridized carbons (Fsp3) is 0.125. The fourth-order valence-electron chi connectivity index (χ4n) is 3.15. The monoisotopic (exact) mass is 478 g/mol. The van der Waals surface area contributed by atoms with Gasteiger partial charge in [-0.3, -0.25) is 24.5 Å². The second-order valence-corrected chi connectivity index (χ2v) is 8.31. The summed E-state index contributed by atoms with van der Waals surface area (Å²) in [4.78, 5) is 47.6. The van der Waals surface area contributed by atoms with Crippen LogP contribution in [0.1, 0.15) is 39.2 Å². The Kier molecular flexibility index (Phi) is 7.99. The number of benzene rings is 3. The summed E-state index contributed by atoms with van der Waals surface area (Å²) in [5.41, 5.74) is 6.42. The third-order valence-corrected chi connectivity index (χ3v) is 5.95. The molecule has 1 unspecified atom stereocenters. The van der Waals surface area contributed by atoms with Crippen LogP contribution in [0.15, 0.2) is 77.7 Å². The zero-order valence-corrected chi connectivity index (χ0v) is 19.0. The molecule has 174 valence electrons. The van der Waals surface area contributed by atoms with Gasteiger partial charge in [0.25, 0.3) is 11.6 Å². The van der Waals surface area contributed by atoms with Crippen LogP contribution in [-0.2, 0) is 4.79 Å². The molecular weight excluding hydrogens is 456 g/mol. The molecule has 0 fully saturated rings. The number of nitrogens with one attached hydrogen (secondary N) is 2. The molecule has 0 aliphatic carbocycles. The molecule has 9 nitrogen and oxygen atoms in total. The summed E-state index contributed by atoms with van der Waals surface area (Å²) in [6.07, 6.45) is 0. The fourth-order valence-corrected chi connectivity index (χ4v) is 3.96. The molecule has 10 heteroatoms. The van der Waals surface area contributed by atoms with Crippen LogP contribution < -0.4 is 16.4 Å². The number of nitrogens with zero attached hydrogens (tertiary/aromatic N) is 1. The van der Waals surface area contributed by atoms with Gasteiger partial charge in [-0.25, -0.2) is 0 Å². The number of anilines is 1. The number of hydrogen-bond donors (Lipinski definition) is 3. The van der Waals surface area contributed by atoms with Gasteiger partial charge in [0, 0.05) is 11.6 Å². The average molecular weight is 479 g/mol. The van der Waals surface area contributed by atoms with E-state index in [2.05, 4.69) is 10.6 Å². The van der Waals surface area contributed by atoms with Crippen molar-refractivity contribution in [3.8, 4) is 0 Å². The summed E-state index contributed by atoms with van der Waals surface area (Å²) in [7, 11) is 0. The molecule has 0 spiro atoms. The van der Waals surface area contributed by atoms with Crippen LogP contribution in [-0.4, -0.2) is 28.4 Å². The normalized spacial score (nSPS) is 11.3. The van der Waals surface area contributed by atoms with Crippen LogP contribution in [0.25, 0.3) is 0 Å². The van der Waals surface area contributed by atoms with E-state index in [-0.39, 0.29) is 33.8 Å². The van der Waals surface area contributed by atoms with Gasteiger partial charge in [-0.05, 0) is 36.8 Å². The van der Waals surface area contributed by atoms with Crippen molar-refractivity contribution in [3.63, 3.8) is 0 Å². The number of carbonyl (C=O) groups excluding carboxylic acids is 3.